The zero-order valence-corrected chi connectivity index (χ0v) is 8.94. The SMILES string of the molecule is O=C1CC(N(C(=O)C2CC2)C2CC2)C(=O)N1. The van der Waals surface area contributed by atoms with E-state index in [9.17, 15) is 14.4 Å². The zero-order chi connectivity index (χ0) is 11.3. The monoisotopic (exact) mass is 222 g/mol. The van der Waals surface area contributed by atoms with Gasteiger partial charge in [0, 0.05) is 12.0 Å². The van der Waals surface area contributed by atoms with Crippen molar-refractivity contribution in [2.75, 3.05) is 0 Å². The summed E-state index contributed by atoms with van der Waals surface area (Å²) < 4.78 is 0. The van der Waals surface area contributed by atoms with Crippen molar-refractivity contribution in [3.05, 3.63) is 0 Å². The van der Waals surface area contributed by atoms with Crippen molar-refractivity contribution in [1.29, 1.82) is 0 Å². The van der Waals surface area contributed by atoms with Gasteiger partial charge in [0.05, 0.1) is 6.42 Å². The normalized spacial score (nSPS) is 29.1. The van der Waals surface area contributed by atoms with Crippen molar-refractivity contribution < 1.29 is 14.4 Å². The van der Waals surface area contributed by atoms with Crippen LogP contribution in [0.3, 0.4) is 0 Å². The Morgan fingerprint density at radius 3 is 2.31 bits per heavy atom. The predicted molar refractivity (Wildman–Crippen MR) is 54.1 cm³/mol. The number of nitrogens with zero attached hydrogens (tertiary/aromatic N) is 1. The number of carbonyl (C=O) groups is 3. The average molecular weight is 222 g/mol. The minimum absolute atomic E-state index is 0.0809. The van der Waals surface area contributed by atoms with Gasteiger partial charge in [-0.2, -0.15) is 0 Å². The molecule has 0 bridgehead atoms. The van der Waals surface area contributed by atoms with E-state index in [2.05, 4.69) is 5.32 Å². The minimum Gasteiger partial charge on any atom is -0.327 e. The summed E-state index contributed by atoms with van der Waals surface area (Å²) in [5.74, 6) is -0.364. The van der Waals surface area contributed by atoms with Crippen LogP contribution in [-0.4, -0.2) is 34.7 Å². The number of rotatable bonds is 3. The summed E-state index contributed by atoms with van der Waals surface area (Å²) in [7, 11) is 0. The molecule has 2 saturated carbocycles. The van der Waals surface area contributed by atoms with Gasteiger partial charge in [-0.15, -0.1) is 0 Å². The molecule has 5 heteroatoms. The Balaban J connectivity index is 1.79. The van der Waals surface area contributed by atoms with Crippen LogP contribution in [-0.2, 0) is 14.4 Å². The smallest absolute Gasteiger partial charge is 0.249 e. The first-order valence-electron chi connectivity index (χ1n) is 5.82. The Morgan fingerprint density at radius 1 is 1.19 bits per heavy atom. The number of nitrogens with one attached hydrogen (secondary N) is 1. The maximum Gasteiger partial charge on any atom is 0.249 e. The standard InChI is InChI=1S/C11H14N2O3/c14-9-5-8(10(15)12-9)13(7-3-4-7)11(16)6-1-2-6/h6-8H,1-5H2,(H,12,14,15). The van der Waals surface area contributed by atoms with Crippen molar-refractivity contribution in [2.24, 2.45) is 5.92 Å². The van der Waals surface area contributed by atoms with Gasteiger partial charge in [-0.05, 0) is 25.7 Å². The topological polar surface area (TPSA) is 66.5 Å². The highest BCUT2D eigenvalue weighted by Gasteiger charge is 2.47. The van der Waals surface area contributed by atoms with Crippen molar-refractivity contribution in [3.63, 3.8) is 0 Å². The summed E-state index contributed by atoms with van der Waals surface area (Å²) in [5, 5.41) is 2.27. The number of amides is 3. The van der Waals surface area contributed by atoms with Gasteiger partial charge in [0.2, 0.25) is 17.7 Å². The second kappa shape index (κ2) is 3.30. The zero-order valence-electron chi connectivity index (χ0n) is 8.94. The van der Waals surface area contributed by atoms with Crippen LogP contribution in [0.2, 0.25) is 0 Å². The van der Waals surface area contributed by atoms with E-state index >= 15 is 0 Å². The van der Waals surface area contributed by atoms with Crippen LogP contribution < -0.4 is 5.32 Å². The lowest BCUT2D eigenvalue weighted by Gasteiger charge is -2.26. The van der Waals surface area contributed by atoms with E-state index in [1.165, 1.54) is 0 Å². The summed E-state index contributed by atoms with van der Waals surface area (Å²) >= 11 is 0. The molecule has 1 N–H and O–H groups in total. The number of hydrogen-bond acceptors (Lipinski definition) is 3. The molecule has 3 rings (SSSR count). The van der Waals surface area contributed by atoms with Crippen LogP contribution in [0.25, 0.3) is 0 Å². The summed E-state index contributed by atoms with van der Waals surface area (Å²) in [5.41, 5.74) is 0. The van der Waals surface area contributed by atoms with Gasteiger partial charge in [-0.3, -0.25) is 19.7 Å². The maximum absolute atomic E-state index is 12.1. The first kappa shape index (κ1) is 9.81. The van der Waals surface area contributed by atoms with Crippen molar-refractivity contribution in [1.82, 2.24) is 10.2 Å². The van der Waals surface area contributed by atoms with E-state index in [0.29, 0.717) is 0 Å². The summed E-state index contributed by atoms with van der Waals surface area (Å²) in [6.07, 6.45) is 3.95. The molecule has 1 atom stereocenters. The molecule has 16 heavy (non-hydrogen) atoms. The highest BCUT2D eigenvalue weighted by atomic mass is 16.2. The molecule has 3 amide bonds. The first-order valence-corrected chi connectivity index (χ1v) is 5.82. The van der Waals surface area contributed by atoms with Gasteiger partial charge < -0.3 is 4.90 Å². The van der Waals surface area contributed by atoms with Gasteiger partial charge in [0.1, 0.15) is 6.04 Å². The predicted octanol–water partition coefficient (Wildman–Crippen LogP) is -0.197. The average Bonchev–Trinajstić information content (AvgIpc) is 3.10. The molecule has 0 aromatic carbocycles. The Hall–Kier alpha value is -1.39. The van der Waals surface area contributed by atoms with Gasteiger partial charge in [0.15, 0.2) is 0 Å². The molecule has 0 spiro atoms. The molecule has 0 aromatic rings. The fourth-order valence-corrected chi connectivity index (χ4v) is 2.25. The van der Waals surface area contributed by atoms with Crippen molar-refractivity contribution in [2.45, 2.75) is 44.2 Å². The van der Waals surface area contributed by atoms with Crippen LogP contribution in [0.5, 0.6) is 0 Å². The summed E-state index contributed by atoms with van der Waals surface area (Å²) in [6, 6.07) is -0.331. The fourth-order valence-electron chi connectivity index (χ4n) is 2.25. The van der Waals surface area contributed by atoms with Crippen LogP contribution >= 0.6 is 0 Å². The first-order chi connectivity index (χ1) is 7.66. The van der Waals surface area contributed by atoms with Crippen LogP contribution in [0.15, 0.2) is 0 Å². The molecule has 1 unspecified atom stereocenters. The number of imide groups is 1. The Labute approximate surface area is 93.2 Å². The summed E-state index contributed by atoms with van der Waals surface area (Å²) in [4.78, 5) is 36.5. The molecule has 1 saturated heterocycles. The molecule has 1 aliphatic heterocycles. The van der Waals surface area contributed by atoms with Crippen molar-refractivity contribution >= 4 is 17.7 Å². The molecule has 0 aromatic heterocycles. The molecular weight excluding hydrogens is 208 g/mol. The van der Waals surface area contributed by atoms with Crippen LogP contribution in [0, 0.1) is 5.92 Å². The molecule has 3 aliphatic rings. The largest absolute Gasteiger partial charge is 0.327 e. The maximum atomic E-state index is 12.1. The highest BCUT2D eigenvalue weighted by Crippen LogP contribution is 2.38. The van der Waals surface area contributed by atoms with E-state index in [-0.39, 0.29) is 36.1 Å². The molecule has 2 aliphatic carbocycles. The Kier molecular flexibility index (Phi) is 2.02. The van der Waals surface area contributed by atoms with Crippen LogP contribution in [0.1, 0.15) is 32.1 Å². The summed E-state index contributed by atoms with van der Waals surface area (Å²) in [6.45, 7) is 0. The van der Waals surface area contributed by atoms with Crippen molar-refractivity contribution in [3.8, 4) is 0 Å². The number of carbonyl (C=O) groups excluding carboxylic acids is 3. The van der Waals surface area contributed by atoms with E-state index in [1.54, 1.807) is 4.90 Å². The van der Waals surface area contributed by atoms with Gasteiger partial charge in [-0.1, -0.05) is 0 Å². The van der Waals surface area contributed by atoms with Gasteiger partial charge in [-0.25, -0.2) is 0 Å². The minimum atomic E-state index is -0.534. The third-order valence-corrected chi connectivity index (χ3v) is 3.40. The molecule has 86 valence electrons. The molecule has 5 nitrogen and oxygen atoms in total. The lowest BCUT2D eigenvalue weighted by atomic mass is 10.1. The van der Waals surface area contributed by atoms with Crippen LogP contribution in [0.4, 0.5) is 0 Å². The second-order valence-electron chi connectivity index (χ2n) is 4.88. The quantitative estimate of drug-likeness (QED) is 0.673. The molecule has 1 heterocycles. The Morgan fingerprint density at radius 2 is 1.88 bits per heavy atom. The lowest BCUT2D eigenvalue weighted by molar-refractivity contribution is -0.140. The van der Waals surface area contributed by atoms with Gasteiger partial charge in [0.25, 0.3) is 0 Å². The highest BCUT2D eigenvalue weighted by molar-refractivity contribution is 6.07. The fraction of sp³-hybridized carbons (Fsp3) is 0.727. The van der Waals surface area contributed by atoms with E-state index in [0.717, 1.165) is 25.7 Å². The lowest BCUT2D eigenvalue weighted by Crippen LogP contribution is -2.46. The molecule has 0 radical (unpaired) electrons. The third-order valence-electron chi connectivity index (χ3n) is 3.40. The molecular formula is C11H14N2O3. The molecule has 3 fully saturated rings. The van der Waals surface area contributed by atoms with Gasteiger partial charge >= 0.3 is 0 Å². The van der Waals surface area contributed by atoms with E-state index < -0.39 is 6.04 Å². The van der Waals surface area contributed by atoms with E-state index in [4.69, 9.17) is 0 Å². The van der Waals surface area contributed by atoms with E-state index in [1.807, 2.05) is 0 Å². The third kappa shape index (κ3) is 1.60. The Bertz CT molecular complexity index is 371. The second-order valence-corrected chi connectivity index (χ2v) is 4.88. The number of hydrogen-bond donors (Lipinski definition) is 1.